The predicted octanol–water partition coefficient (Wildman–Crippen LogP) is 5.02. The van der Waals surface area contributed by atoms with Gasteiger partial charge in [-0.25, -0.2) is 0 Å². The van der Waals surface area contributed by atoms with Crippen molar-refractivity contribution in [3.05, 3.63) is 102 Å². The van der Waals surface area contributed by atoms with E-state index in [9.17, 15) is 14.4 Å². The Balaban J connectivity index is 1.37. The molecule has 0 aliphatic carbocycles. The highest BCUT2D eigenvalue weighted by Gasteiger charge is 2.36. The molecule has 2 unspecified atom stereocenters. The average Bonchev–Trinajstić information content (AvgIpc) is 3.51. The first-order chi connectivity index (χ1) is 20.5. The minimum atomic E-state index is -0.798. The molecule has 8 nitrogen and oxygen atoms in total. The van der Waals surface area contributed by atoms with Crippen LogP contribution in [0.15, 0.2) is 91.1 Å². The fourth-order valence-corrected chi connectivity index (χ4v) is 5.49. The summed E-state index contributed by atoms with van der Waals surface area (Å²) >= 11 is 0. The predicted molar refractivity (Wildman–Crippen MR) is 164 cm³/mol. The highest BCUT2D eigenvalue weighted by Crippen LogP contribution is 2.25. The monoisotopic (exact) mass is 564 g/mol. The van der Waals surface area contributed by atoms with Gasteiger partial charge in [0, 0.05) is 43.2 Å². The molecule has 1 aromatic heterocycles. The zero-order valence-electron chi connectivity index (χ0n) is 24.0. The van der Waals surface area contributed by atoms with E-state index >= 15 is 0 Å². The molecule has 2 atom stereocenters. The SMILES string of the molecule is CCCC(=O)N(c1ccccc1)C1CCN(C(=O)C(Cc2ccc(OC)cc2)NC(=O)c2cnc3ccccc3c2)C1. The molecule has 3 aromatic carbocycles. The molecule has 0 radical (unpaired) electrons. The molecular formula is C34H36N4O4. The lowest BCUT2D eigenvalue weighted by molar-refractivity contribution is -0.132. The van der Waals surface area contributed by atoms with Gasteiger partial charge in [-0.2, -0.15) is 0 Å². The maximum atomic E-state index is 14.0. The van der Waals surface area contributed by atoms with Gasteiger partial charge in [0.15, 0.2) is 0 Å². The standard InChI is InChI=1S/C34H36N4O4/c1-3-9-32(39)38(27-11-5-4-6-12-27)28-18-19-37(23-28)34(41)31(20-24-14-16-29(42-2)17-15-24)36-33(40)26-21-25-10-7-8-13-30(25)35-22-26/h4-8,10-17,21-22,28,31H,3,9,18-20,23H2,1-2H3,(H,36,40). The maximum absolute atomic E-state index is 14.0. The summed E-state index contributed by atoms with van der Waals surface area (Å²) in [6, 6.07) is 25.5. The Morgan fingerprint density at radius 1 is 1.02 bits per heavy atom. The van der Waals surface area contributed by atoms with Crippen molar-refractivity contribution in [1.29, 1.82) is 0 Å². The van der Waals surface area contributed by atoms with Gasteiger partial charge >= 0.3 is 0 Å². The molecule has 42 heavy (non-hydrogen) atoms. The Morgan fingerprint density at radius 2 is 1.76 bits per heavy atom. The van der Waals surface area contributed by atoms with Gasteiger partial charge in [0.2, 0.25) is 11.8 Å². The van der Waals surface area contributed by atoms with Crippen LogP contribution in [0.2, 0.25) is 0 Å². The highest BCUT2D eigenvalue weighted by molar-refractivity contribution is 6.00. The van der Waals surface area contributed by atoms with Crippen molar-refractivity contribution < 1.29 is 19.1 Å². The molecule has 2 heterocycles. The molecule has 0 spiro atoms. The summed E-state index contributed by atoms with van der Waals surface area (Å²) in [6.45, 7) is 2.89. The number of anilines is 1. The zero-order valence-corrected chi connectivity index (χ0v) is 24.0. The third-order valence-corrected chi connectivity index (χ3v) is 7.66. The summed E-state index contributed by atoms with van der Waals surface area (Å²) in [4.78, 5) is 48.7. The normalized spacial score (nSPS) is 15.3. The number of aromatic nitrogens is 1. The van der Waals surface area contributed by atoms with Gasteiger partial charge < -0.3 is 19.9 Å². The number of likely N-dealkylation sites (tertiary alicyclic amines) is 1. The number of fused-ring (bicyclic) bond motifs is 1. The van der Waals surface area contributed by atoms with Crippen molar-refractivity contribution in [2.45, 2.75) is 44.7 Å². The van der Waals surface area contributed by atoms with E-state index in [0.29, 0.717) is 43.7 Å². The molecule has 1 aliphatic heterocycles. The molecule has 0 bridgehead atoms. The summed E-state index contributed by atoms with van der Waals surface area (Å²) in [5.41, 5.74) is 2.91. The number of nitrogens with zero attached hydrogens (tertiary/aromatic N) is 3. The van der Waals surface area contributed by atoms with Crippen LogP contribution < -0.4 is 15.0 Å². The lowest BCUT2D eigenvalue weighted by atomic mass is 10.0. The molecule has 216 valence electrons. The van der Waals surface area contributed by atoms with Crippen molar-refractivity contribution in [3.63, 3.8) is 0 Å². The van der Waals surface area contributed by atoms with E-state index in [4.69, 9.17) is 4.74 Å². The van der Waals surface area contributed by atoms with Crippen molar-refractivity contribution in [1.82, 2.24) is 15.2 Å². The molecule has 1 fully saturated rings. The molecule has 8 heteroatoms. The van der Waals surface area contributed by atoms with Crippen LogP contribution in [0.4, 0.5) is 5.69 Å². The van der Waals surface area contributed by atoms with Crippen LogP contribution in [0.1, 0.15) is 42.1 Å². The quantitative estimate of drug-likeness (QED) is 0.292. The number of pyridine rings is 1. The van der Waals surface area contributed by atoms with Crippen LogP contribution in [-0.4, -0.2) is 59.9 Å². The number of hydrogen-bond acceptors (Lipinski definition) is 5. The van der Waals surface area contributed by atoms with Crippen molar-refractivity contribution in [2.75, 3.05) is 25.1 Å². The lowest BCUT2D eigenvalue weighted by Crippen LogP contribution is -2.50. The second kappa shape index (κ2) is 13.3. The van der Waals surface area contributed by atoms with Crippen LogP contribution in [-0.2, 0) is 16.0 Å². The Kier molecular flexibility index (Phi) is 9.12. The van der Waals surface area contributed by atoms with Gasteiger partial charge in [-0.1, -0.05) is 55.5 Å². The number of hydrogen-bond donors (Lipinski definition) is 1. The topological polar surface area (TPSA) is 91.8 Å². The average molecular weight is 565 g/mol. The summed E-state index contributed by atoms with van der Waals surface area (Å²) in [7, 11) is 1.60. The molecule has 0 saturated carbocycles. The fourth-order valence-electron chi connectivity index (χ4n) is 5.49. The van der Waals surface area contributed by atoms with Crippen LogP contribution in [0, 0.1) is 0 Å². The maximum Gasteiger partial charge on any atom is 0.253 e. The van der Waals surface area contributed by atoms with Crippen molar-refractivity contribution >= 4 is 34.3 Å². The first-order valence-electron chi connectivity index (χ1n) is 14.4. The second-order valence-electron chi connectivity index (χ2n) is 10.6. The third-order valence-electron chi connectivity index (χ3n) is 7.66. The molecule has 4 aromatic rings. The molecule has 1 saturated heterocycles. The number of methoxy groups -OCH3 is 1. The molecule has 3 amide bonds. The van der Waals surface area contributed by atoms with Gasteiger partial charge in [-0.3, -0.25) is 19.4 Å². The Morgan fingerprint density at radius 3 is 2.50 bits per heavy atom. The largest absolute Gasteiger partial charge is 0.497 e. The number of amides is 3. The van der Waals surface area contributed by atoms with E-state index in [1.54, 1.807) is 18.1 Å². The Labute approximate surface area is 246 Å². The Hall–Kier alpha value is -4.72. The minimum absolute atomic E-state index is 0.0508. The number of rotatable bonds is 10. The first kappa shape index (κ1) is 28.8. The van der Waals surface area contributed by atoms with Gasteiger partial charge in [-0.05, 0) is 54.8 Å². The van der Waals surface area contributed by atoms with Gasteiger partial charge in [0.25, 0.3) is 5.91 Å². The zero-order chi connectivity index (χ0) is 29.5. The van der Waals surface area contributed by atoms with Crippen molar-refractivity contribution in [3.8, 4) is 5.75 Å². The Bertz CT molecular complexity index is 1540. The van der Waals surface area contributed by atoms with Crippen LogP contribution in [0.25, 0.3) is 10.9 Å². The van der Waals surface area contributed by atoms with Crippen molar-refractivity contribution in [2.24, 2.45) is 0 Å². The molecule has 1 aliphatic rings. The number of carbonyl (C=O) groups is 3. The van der Waals surface area contributed by atoms with Crippen LogP contribution in [0.3, 0.4) is 0 Å². The van der Waals surface area contributed by atoms with Crippen LogP contribution in [0.5, 0.6) is 5.75 Å². The molecular weight excluding hydrogens is 528 g/mol. The number of para-hydroxylation sites is 2. The van der Waals surface area contributed by atoms with E-state index in [-0.39, 0.29) is 23.8 Å². The molecule has 1 N–H and O–H groups in total. The number of carbonyl (C=O) groups excluding carboxylic acids is 3. The van der Waals surface area contributed by atoms with E-state index in [1.165, 1.54) is 6.20 Å². The summed E-state index contributed by atoms with van der Waals surface area (Å²) in [6.07, 6.45) is 3.70. The van der Waals surface area contributed by atoms with E-state index in [0.717, 1.165) is 28.6 Å². The second-order valence-corrected chi connectivity index (χ2v) is 10.6. The van der Waals surface area contributed by atoms with E-state index < -0.39 is 6.04 Å². The number of benzene rings is 3. The minimum Gasteiger partial charge on any atom is -0.497 e. The smallest absolute Gasteiger partial charge is 0.253 e. The van der Waals surface area contributed by atoms with Gasteiger partial charge in [0.05, 0.1) is 24.2 Å². The summed E-state index contributed by atoms with van der Waals surface area (Å²) in [5, 5.41) is 3.84. The summed E-state index contributed by atoms with van der Waals surface area (Å²) < 4.78 is 5.28. The number of nitrogens with one attached hydrogen (secondary N) is 1. The van der Waals surface area contributed by atoms with E-state index in [2.05, 4.69) is 10.3 Å². The van der Waals surface area contributed by atoms with Gasteiger partial charge in [-0.15, -0.1) is 0 Å². The van der Waals surface area contributed by atoms with Gasteiger partial charge in [0.1, 0.15) is 11.8 Å². The highest BCUT2D eigenvalue weighted by atomic mass is 16.5. The lowest BCUT2D eigenvalue weighted by Gasteiger charge is -2.30. The molecule has 5 rings (SSSR count). The number of ether oxygens (including phenoxy) is 1. The fraction of sp³-hybridized carbons (Fsp3) is 0.294. The van der Waals surface area contributed by atoms with Crippen LogP contribution >= 0.6 is 0 Å². The third kappa shape index (κ3) is 6.60. The van der Waals surface area contributed by atoms with E-state index in [1.807, 2.05) is 90.7 Å². The first-order valence-corrected chi connectivity index (χ1v) is 14.4. The summed E-state index contributed by atoms with van der Waals surface area (Å²) in [5.74, 6) is 0.231.